The highest BCUT2D eigenvalue weighted by atomic mass is 16.1. The van der Waals surface area contributed by atoms with Gasteiger partial charge in [0.15, 0.2) is 5.78 Å². The van der Waals surface area contributed by atoms with E-state index in [9.17, 15) is 4.79 Å². The third kappa shape index (κ3) is 1.51. The minimum Gasteiger partial charge on any atom is -0.294 e. The van der Waals surface area contributed by atoms with Crippen LogP contribution in [0.5, 0.6) is 0 Å². The molecule has 1 nitrogen and oxygen atoms in total. The molecular formula is C12H14O. The number of benzene rings is 1. The van der Waals surface area contributed by atoms with Crippen molar-refractivity contribution < 1.29 is 6.17 Å². The van der Waals surface area contributed by atoms with Gasteiger partial charge in [0.1, 0.15) is 0 Å². The fraction of sp³-hybridized carbons (Fsp3) is 0.417. The maximum absolute atomic E-state index is 12.0. The molecule has 0 aromatic heterocycles. The van der Waals surface area contributed by atoms with Crippen LogP contribution in [0.2, 0.25) is 0 Å². The van der Waals surface area contributed by atoms with Gasteiger partial charge in [-0.2, -0.15) is 0 Å². The van der Waals surface area contributed by atoms with E-state index in [1.165, 1.54) is 0 Å². The molecule has 1 atom stereocenters. The Morgan fingerprint density at radius 1 is 1.46 bits per heavy atom. The maximum atomic E-state index is 12.0. The number of carbonyl (C=O) groups is 1. The highest BCUT2D eigenvalue weighted by Gasteiger charge is 2.20. The number of carbonyl (C=O) groups excluding carboxylic acids is 1. The average molecular weight is 175 g/mol. The summed E-state index contributed by atoms with van der Waals surface area (Å²) in [7, 11) is 0. The SMILES string of the molecule is [2H]C1(C)CCCc2ccccc2C1=O. The summed E-state index contributed by atoms with van der Waals surface area (Å²) in [4.78, 5) is 12.0. The van der Waals surface area contributed by atoms with Crippen LogP contribution in [0.1, 0.15) is 37.1 Å². The molecule has 1 heteroatoms. The van der Waals surface area contributed by atoms with Crippen LogP contribution in [0.4, 0.5) is 0 Å². The maximum Gasteiger partial charge on any atom is 0.165 e. The van der Waals surface area contributed by atoms with Crippen molar-refractivity contribution in [3.05, 3.63) is 35.4 Å². The van der Waals surface area contributed by atoms with Gasteiger partial charge in [-0.25, -0.2) is 0 Å². The lowest BCUT2D eigenvalue weighted by molar-refractivity contribution is 0.0927. The smallest absolute Gasteiger partial charge is 0.165 e. The molecule has 68 valence electrons. The number of aryl methyl sites for hydroxylation is 1. The van der Waals surface area contributed by atoms with E-state index in [0.29, 0.717) is 6.42 Å². The Labute approximate surface area is 80.2 Å². The van der Waals surface area contributed by atoms with E-state index in [-0.39, 0.29) is 5.78 Å². The van der Waals surface area contributed by atoms with Gasteiger partial charge in [0, 0.05) is 12.8 Å². The summed E-state index contributed by atoms with van der Waals surface area (Å²) in [5.74, 6) is -0.947. The van der Waals surface area contributed by atoms with Gasteiger partial charge in [0.05, 0.1) is 0 Å². The van der Waals surface area contributed by atoms with Crippen molar-refractivity contribution in [1.82, 2.24) is 0 Å². The van der Waals surface area contributed by atoms with Crippen molar-refractivity contribution >= 4 is 5.78 Å². The highest BCUT2D eigenvalue weighted by Crippen LogP contribution is 2.23. The normalized spacial score (nSPS) is 29.0. The van der Waals surface area contributed by atoms with E-state index >= 15 is 0 Å². The van der Waals surface area contributed by atoms with Crippen molar-refractivity contribution in [1.29, 1.82) is 0 Å². The van der Waals surface area contributed by atoms with E-state index in [4.69, 9.17) is 1.37 Å². The van der Waals surface area contributed by atoms with Gasteiger partial charge in [-0.3, -0.25) is 4.79 Å². The van der Waals surface area contributed by atoms with Crippen LogP contribution in [0.3, 0.4) is 0 Å². The zero-order valence-electron chi connectivity index (χ0n) is 8.84. The van der Waals surface area contributed by atoms with Crippen LogP contribution in [-0.2, 0) is 6.42 Å². The van der Waals surface area contributed by atoms with Crippen LogP contribution in [-0.4, -0.2) is 5.78 Å². The number of ketones is 1. The number of hydrogen-bond donors (Lipinski definition) is 0. The summed E-state index contributed by atoms with van der Waals surface area (Å²) in [6, 6.07) is 7.67. The highest BCUT2D eigenvalue weighted by molar-refractivity contribution is 5.99. The molecule has 1 aromatic carbocycles. The molecule has 0 radical (unpaired) electrons. The van der Waals surface area contributed by atoms with Crippen molar-refractivity contribution in [2.75, 3.05) is 0 Å². The topological polar surface area (TPSA) is 17.1 Å². The molecule has 0 saturated carbocycles. The molecule has 0 saturated heterocycles. The summed E-state index contributed by atoms with van der Waals surface area (Å²) in [6.45, 7) is 1.72. The summed E-state index contributed by atoms with van der Waals surface area (Å²) >= 11 is 0. The van der Waals surface area contributed by atoms with Gasteiger partial charge in [0.25, 0.3) is 0 Å². The van der Waals surface area contributed by atoms with Crippen LogP contribution < -0.4 is 0 Å². The second-order valence-corrected chi connectivity index (χ2v) is 3.62. The van der Waals surface area contributed by atoms with Gasteiger partial charge in [-0.05, 0) is 24.8 Å². The lowest BCUT2D eigenvalue weighted by atomic mass is 9.97. The molecular weight excluding hydrogens is 160 g/mol. The minimum atomic E-state index is -0.924. The molecule has 1 unspecified atom stereocenters. The lowest BCUT2D eigenvalue weighted by Crippen LogP contribution is -2.09. The molecule has 0 heterocycles. The number of fused-ring (bicyclic) bond motifs is 1. The fourth-order valence-electron chi connectivity index (χ4n) is 1.85. The van der Waals surface area contributed by atoms with Crippen molar-refractivity contribution in [2.24, 2.45) is 5.89 Å². The van der Waals surface area contributed by atoms with E-state index in [2.05, 4.69) is 0 Å². The van der Waals surface area contributed by atoms with Crippen molar-refractivity contribution in [3.63, 3.8) is 0 Å². The first-order valence-corrected chi connectivity index (χ1v) is 4.74. The van der Waals surface area contributed by atoms with Crippen molar-refractivity contribution in [2.45, 2.75) is 26.2 Å². The van der Waals surface area contributed by atoms with Gasteiger partial charge in [-0.1, -0.05) is 31.2 Å². The van der Waals surface area contributed by atoms with Gasteiger partial charge >= 0.3 is 0 Å². The molecule has 1 aromatic rings. The fourth-order valence-corrected chi connectivity index (χ4v) is 1.85. The quantitative estimate of drug-likeness (QED) is 0.554. The molecule has 2 rings (SSSR count). The number of Topliss-reactive ketones (excluding diaryl/α,β-unsaturated/α-hetero) is 1. The van der Waals surface area contributed by atoms with Gasteiger partial charge in [0.2, 0.25) is 0 Å². The second-order valence-electron chi connectivity index (χ2n) is 3.62. The second kappa shape index (κ2) is 3.33. The Kier molecular flexibility index (Phi) is 1.87. The summed E-state index contributed by atoms with van der Waals surface area (Å²) in [5, 5.41) is 0. The van der Waals surface area contributed by atoms with Crippen molar-refractivity contribution in [3.8, 4) is 0 Å². The molecule has 0 N–H and O–H groups in total. The molecule has 0 fully saturated rings. The molecule has 1 aliphatic carbocycles. The third-order valence-corrected chi connectivity index (χ3v) is 2.65. The Morgan fingerprint density at radius 3 is 3.08 bits per heavy atom. The van der Waals surface area contributed by atoms with E-state index in [1.54, 1.807) is 6.92 Å². The first kappa shape index (κ1) is 7.31. The average Bonchev–Trinajstić information content (AvgIpc) is 2.27. The Morgan fingerprint density at radius 2 is 2.23 bits per heavy atom. The molecule has 13 heavy (non-hydrogen) atoms. The lowest BCUT2D eigenvalue weighted by Gasteiger charge is -2.06. The Bertz CT molecular complexity index is 368. The third-order valence-electron chi connectivity index (χ3n) is 2.65. The summed E-state index contributed by atoms with van der Waals surface area (Å²) < 4.78 is 7.95. The first-order chi connectivity index (χ1) is 6.61. The first-order valence-electron chi connectivity index (χ1n) is 5.24. The number of hydrogen-bond acceptors (Lipinski definition) is 1. The predicted molar refractivity (Wildman–Crippen MR) is 52.9 cm³/mol. The van der Waals surface area contributed by atoms with Gasteiger partial charge < -0.3 is 0 Å². The van der Waals surface area contributed by atoms with E-state index < -0.39 is 5.89 Å². The largest absolute Gasteiger partial charge is 0.294 e. The summed E-state index contributed by atoms with van der Waals surface area (Å²) in [5.41, 5.74) is 1.86. The molecule has 0 spiro atoms. The van der Waals surface area contributed by atoms with E-state index in [0.717, 1.165) is 24.0 Å². The van der Waals surface area contributed by atoms with E-state index in [1.807, 2.05) is 24.3 Å². The zero-order valence-corrected chi connectivity index (χ0v) is 7.84. The molecule has 0 amide bonds. The molecule has 0 bridgehead atoms. The van der Waals surface area contributed by atoms with Crippen LogP contribution in [0, 0.1) is 5.89 Å². The van der Waals surface area contributed by atoms with Crippen LogP contribution in [0.15, 0.2) is 24.3 Å². The van der Waals surface area contributed by atoms with Crippen LogP contribution >= 0.6 is 0 Å². The Hall–Kier alpha value is -1.11. The zero-order chi connectivity index (χ0) is 10.2. The molecule has 0 aliphatic heterocycles. The Balaban J connectivity index is 2.51. The number of rotatable bonds is 0. The molecule has 1 aliphatic rings. The standard InChI is InChI=1S/C12H14O/c1-9-5-4-7-10-6-2-3-8-11(10)12(9)13/h2-3,6,8-9H,4-5,7H2,1H3/i9D. The summed E-state index contributed by atoms with van der Waals surface area (Å²) in [6.07, 6.45) is 2.53. The monoisotopic (exact) mass is 175 g/mol. The minimum absolute atomic E-state index is 0.0226. The van der Waals surface area contributed by atoms with Gasteiger partial charge in [-0.15, -0.1) is 0 Å². The predicted octanol–water partition coefficient (Wildman–Crippen LogP) is 2.84. The van der Waals surface area contributed by atoms with Crippen LogP contribution in [0.25, 0.3) is 0 Å².